The largest absolute Gasteiger partial charge is 0.479 e. The molecular weight excluding hydrogens is 280 g/mol. The monoisotopic (exact) mass is 300 g/mol. The predicted octanol–water partition coefficient (Wildman–Crippen LogP) is 0.345. The lowest BCUT2D eigenvalue weighted by Crippen LogP contribution is -2.65. The molecule has 2 saturated carbocycles. The Balaban J connectivity index is 0.000000774. The first-order valence-corrected chi connectivity index (χ1v) is 6.74. The van der Waals surface area contributed by atoms with E-state index in [0.29, 0.717) is 12.8 Å². The van der Waals surface area contributed by atoms with E-state index < -0.39 is 29.6 Å². The van der Waals surface area contributed by atoms with Gasteiger partial charge in [0.1, 0.15) is 5.41 Å². The van der Waals surface area contributed by atoms with Crippen LogP contribution >= 0.6 is 0 Å². The maximum Gasteiger partial charge on any atom is 0.352 e. The van der Waals surface area contributed by atoms with Crippen LogP contribution in [0.2, 0.25) is 0 Å². The van der Waals surface area contributed by atoms with Crippen molar-refractivity contribution in [1.29, 1.82) is 0 Å². The van der Waals surface area contributed by atoms with Gasteiger partial charge in [0.15, 0.2) is 6.61 Å². The number of rotatable bonds is 3. The average molecular weight is 300 g/mol. The fourth-order valence-electron chi connectivity index (χ4n) is 4.75. The summed E-state index contributed by atoms with van der Waals surface area (Å²) in [6.45, 7) is 5.18. The molecule has 0 radical (unpaired) electrons. The minimum Gasteiger partial charge on any atom is -0.479 e. The summed E-state index contributed by atoms with van der Waals surface area (Å²) in [4.78, 5) is 34.7. The molecule has 0 aromatic heterocycles. The smallest absolute Gasteiger partial charge is 0.352 e. The second-order valence-corrected chi connectivity index (χ2v) is 6.39. The van der Waals surface area contributed by atoms with E-state index in [9.17, 15) is 14.4 Å². The Morgan fingerprint density at radius 1 is 1.24 bits per heavy atom. The number of aliphatic carboxylic acids is 1. The average Bonchev–Trinajstić information content (AvgIpc) is 2.71. The molecule has 2 N–H and O–H groups in total. The topological polar surface area (TPSA) is 110 Å². The standard InChI is InChI=1S/C13H16O6.CH4O/c1-10(2)11(3)4-5-12(8(16)18-6-7(14)15)13(10,11)9(17)19-12;1-2/h4-6H2,1-3H3,(H,14,15);2H,1H3. The zero-order chi connectivity index (χ0) is 16.3. The van der Waals surface area contributed by atoms with Crippen LogP contribution in [0, 0.1) is 16.2 Å². The van der Waals surface area contributed by atoms with Gasteiger partial charge in [0, 0.05) is 13.5 Å². The molecule has 0 aromatic carbocycles. The van der Waals surface area contributed by atoms with Gasteiger partial charge >= 0.3 is 17.9 Å². The van der Waals surface area contributed by atoms with Gasteiger partial charge in [0.05, 0.1) is 0 Å². The van der Waals surface area contributed by atoms with Crippen LogP contribution in [-0.2, 0) is 23.9 Å². The van der Waals surface area contributed by atoms with Crippen molar-refractivity contribution in [1.82, 2.24) is 0 Å². The minimum absolute atomic E-state index is 0.266. The van der Waals surface area contributed by atoms with Gasteiger partial charge in [-0.1, -0.05) is 20.8 Å². The molecule has 1 spiro atoms. The van der Waals surface area contributed by atoms with Gasteiger partial charge in [-0.2, -0.15) is 0 Å². The van der Waals surface area contributed by atoms with Gasteiger partial charge in [-0.3, -0.25) is 4.79 Å². The highest BCUT2D eigenvalue weighted by molar-refractivity contribution is 6.04. The van der Waals surface area contributed by atoms with Gasteiger partial charge in [-0.25, -0.2) is 9.59 Å². The maximum absolute atomic E-state index is 12.2. The van der Waals surface area contributed by atoms with Crippen molar-refractivity contribution < 1.29 is 34.1 Å². The molecule has 2 aliphatic carbocycles. The molecule has 21 heavy (non-hydrogen) atoms. The third kappa shape index (κ3) is 1.31. The molecule has 7 nitrogen and oxygen atoms in total. The second kappa shape index (κ2) is 4.19. The van der Waals surface area contributed by atoms with Gasteiger partial charge in [-0.15, -0.1) is 0 Å². The molecule has 1 heterocycles. The molecule has 0 aromatic rings. The summed E-state index contributed by atoms with van der Waals surface area (Å²) >= 11 is 0. The van der Waals surface area contributed by atoms with Crippen molar-refractivity contribution in [3.63, 3.8) is 0 Å². The van der Waals surface area contributed by atoms with Crippen LogP contribution in [-0.4, -0.2) is 47.4 Å². The van der Waals surface area contributed by atoms with Crippen LogP contribution in [0.5, 0.6) is 0 Å². The number of hydrogen-bond donors (Lipinski definition) is 2. The number of carbonyl (C=O) groups excluding carboxylic acids is 2. The molecule has 7 heteroatoms. The van der Waals surface area contributed by atoms with Gasteiger partial charge in [0.25, 0.3) is 0 Å². The zero-order valence-electron chi connectivity index (χ0n) is 12.6. The molecule has 3 atom stereocenters. The van der Waals surface area contributed by atoms with Gasteiger partial charge < -0.3 is 19.7 Å². The second-order valence-electron chi connectivity index (χ2n) is 6.39. The molecule has 0 amide bonds. The number of ether oxygens (including phenoxy) is 2. The summed E-state index contributed by atoms with van der Waals surface area (Å²) in [6, 6.07) is 0. The normalized spacial score (nSPS) is 40.5. The van der Waals surface area contributed by atoms with E-state index >= 15 is 0 Å². The summed E-state index contributed by atoms with van der Waals surface area (Å²) in [5.41, 5.74) is -2.69. The summed E-state index contributed by atoms with van der Waals surface area (Å²) in [5, 5.41) is 15.6. The molecule has 3 rings (SSSR count). The van der Waals surface area contributed by atoms with E-state index in [2.05, 4.69) is 0 Å². The summed E-state index contributed by atoms with van der Waals surface area (Å²) in [6.07, 6.45) is 1.12. The number of esters is 2. The Morgan fingerprint density at radius 3 is 2.24 bits per heavy atom. The molecule has 3 unspecified atom stereocenters. The van der Waals surface area contributed by atoms with E-state index in [1.165, 1.54) is 0 Å². The fourth-order valence-corrected chi connectivity index (χ4v) is 4.75. The van der Waals surface area contributed by atoms with Gasteiger partial charge in [0.2, 0.25) is 5.60 Å². The van der Waals surface area contributed by atoms with Crippen LogP contribution in [0.3, 0.4) is 0 Å². The predicted molar refractivity (Wildman–Crippen MR) is 69.1 cm³/mol. The Morgan fingerprint density at radius 2 is 1.81 bits per heavy atom. The van der Waals surface area contributed by atoms with E-state index in [-0.39, 0.29) is 16.8 Å². The first-order chi connectivity index (χ1) is 9.67. The molecule has 0 bridgehead atoms. The van der Waals surface area contributed by atoms with Gasteiger partial charge in [-0.05, 0) is 17.3 Å². The summed E-state index contributed by atoms with van der Waals surface area (Å²) in [7, 11) is 1.00. The zero-order valence-corrected chi connectivity index (χ0v) is 12.6. The van der Waals surface area contributed by atoms with Crippen molar-refractivity contribution in [3.05, 3.63) is 0 Å². The molecule has 118 valence electrons. The lowest BCUT2D eigenvalue weighted by molar-refractivity contribution is -0.234. The van der Waals surface area contributed by atoms with Crippen molar-refractivity contribution in [3.8, 4) is 0 Å². The SMILES string of the molecule is CC1(C)C2(C)CCC3(C(=O)OCC(=O)O)OC(=O)C312.CO. The highest BCUT2D eigenvalue weighted by Crippen LogP contribution is 2.92. The molecule has 3 fully saturated rings. The minimum atomic E-state index is -1.27. The number of carboxylic acid groups (broad SMARTS) is 1. The molecular formula is C14H20O7. The molecule has 1 aliphatic heterocycles. The lowest BCUT2D eigenvalue weighted by Gasteiger charge is -2.46. The van der Waals surface area contributed by atoms with E-state index in [1.807, 2.05) is 20.8 Å². The molecule has 1 saturated heterocycles. The number of aliphatic hydroxyl groups excluding tert-OH is 1. The Kier molecular flexibility index (Phi) is 3.14. The highest BCUT2D eigenvalue weighted by Gasteiger charge is 3.01. The third-order valence-corrected chi connectivity index (χ3v) is 5.89. The van der Waals surface area contributed by atoms with Crippen LogP contribution in [0.4, 0.5) is 0 Å². The van der Waals surface area contributed by atoms with E-state index in [1.54, 1.807) is 0 Å². The van der Waals surface area contributed by atoms with Crippen LogP contribution < -0.4 is 0 Å². The van der Waals surface area contributed by atoms with Crippen molar-refractivity contribution >= 4 is 17.9 Å². The lowest BCUT2D eigenvalue weighted by atomic mass is 9.73. The maximum atomic E-state index is 12.2. The number of hydrogen-bond acceptors (Lipinski definition) is 6. The number of carbonyl (C=O) groups is 3. The Hall–Kier alpha value is -1.63. The third-order valence-electron chi connectivity index (χ3n) is 5.89. The quantitative estimate of drug-likeness (QED) is 0.723. The van der Waals surface area contributed by atoms with Crippen molar-refractivity contribution in [2.24, 2.45) is 16.2 Å². The first kappa shape index (κ1) is 15.8. The van der Waals surface area contributed by atoms with Crippen LogP contribution in [0.25, 0.3) is 0 Å². The van der Waals surface area contributed by atoms with Crippen molar-refractivity contribution in [2.75, 3.05) is 13.7 Å². The number of aliphatic hydroxyl groups is 1. The van der Waals surface area contributed by atoms with Crippen LogP contribution in [0.15, 0.2) is 0 Å². The fraction of sp³-hybridized carbons (Fsp3) is 0.786. The van der Waals surface area contributed by atoms with Crippen LogP contribution in [0.1, 0.15) is 33.6 Å². The molecule has 3 aliphatic rings. The summed E-state index contributed by atoms with van der Waals surface area (Å²) in [5.74, 6) is -2.30. The highest BCUT2D eigenvalue weighted by atomic mass is 16.6. The number of carboxylic acids is 1. The Bertz CT molecular complexity index is 525. The summed E-state index contributed by atoms with van der Waals surface area (Å²) < 4.78 is 9.96. The first-order valence-electron chi connectivity index (χ1n) is 6.74. The Labute approximate surface area is 122 Å². The van der Waals surface area contributed by atoms with E-state index in [4.69, 9.17) is 19.7 Å². The van der Waals surface area contributed by atoms with E-state index in [0.717, 1.165) is 7.11 Å². The van der Waals surface area contributed by atoms with Crippen molar-refractivity contribution in [2.45, 2.75) is 39.2 Å².